The van der Waals surface area contributed by atoms with E-state index in [0.717, 1.165) is 25.7 Å². The summed E-state index contributed by atoms with van der Waals surface area (Å²) in [7, 11) is 0. The molecule has 4 heteroatoms. The lowest BCUT2D eigenvalue weighted by atomic mass is 9.83. The quantitative estimate of drug-likeness (QED) is 0.127. The number of hydrogen-bond donors (Lipinski definition) is 0. The van der Waals surface area contributed by atoms with Gasteiger partial charge in [-0.15, -0.1) is 0 Å². The van der Waals surface area contributed by atoms with Crippen molar-refractivity contribution in [3.63, 3.8) is 0 Å². The molecule has 12 aromatic carbocycles. The Bertz CT molecular complexity index is 4860. The van der Waals surface area contributed by atoms with E-state index in [4.69, 9.17) is 0 Å². The monoisotopic (exact) mass is 1170 g/mol. The van der Waals surface area contributed by atoms with Crippen LogP contribution in [0.15, 0.2) is 206 Å². The average molecular weight is 1170 g/mol. The summed E-state index contributed by atoms with van der Waals surface area (Å²) < 4.78 is 5.05. The SMILES string of the molecule is CC(C)c1cc(N(c2ccc3c(c2)c2ccccc2n3-c2ccccc2C(C)(C)C)c2cccc3c2CCCC3)c2ccc3c(C(C)C)cc(N(c4ccc5c(c4)c4ccccc4n5-c4ccccc4C(C)(C)C)c4cccc5c4CCCC5)c4ccc1c2c34. The third-order valence-electron chi connectivity index (χ3n) is 20.6. The Morgan fingerprint density at radius 2 is 0.700 bits per heavy atom. The van der Waals surface area contributed by atoms with Gasteiger partial charge in [0.05, 0.1) is 33.4 Å². The van der Waals surface area contributed by atoms with Gasteiger partial charge >= 0.3 is 0 Å². The van der Waals surface area contributed by atoms with Crippen LogP contribution >= 0.6 is 0 Å². The second kappa shape index (κ2) is 21.3. The topological polar surface area (TPSA) is 16.3 Å². The summed E-state index contributed by atoms with van der Waals surface area (Å²) in [4.78, 5) is 5.38. The zero-order valence-corrected chi connectivity index (χ0v) is 54.2. The molecular weight excluding hydrogens is 1090 g/mol. The van der Waals surface area contributed by atoms with E-state index in [1.165, 1.54) is 192 Å². The summed E-state index contributed by atoms with van der Waals surface area (Å²) in [5, 5.41) is 13.0. The van der Waals surface area contributed by atoms with Crippen LogP contribution in [0.5, 0.6) is 0 Å². The van der Waals surface area contributed by atoms with Crippen molar-refractivity contribution in [1.82, 2.24) is 9.13 Å². The fourth-order valence-electron chi connectivity index (χ4n) is 16.4. The molecule has 0 aliphatic heterocycles. The third kappa shape index (κ3) is 8.82. The summed E-state index contributed by atoms with van der Waals surface area (Å²) in [5.41, 5.74) is 26.0. The van der Waals surface area contributed by atoms with Gasteiger partial charge in [-0.2, -0.15) is 0 Å². The summed E-state index contributed by atoms with van der Waals surface area (Å²) in [6.45, 7) is 23.6. The van der Waals surface area contributed by atoms with E-state index in [9.17, 15) is 0 Å². The van der Waals surface area contributed by atoms with Crippen LogP contribution < -0.4 is 9.80 Å². The Morgan fingerprint density at radius 1 is 0.322 bits per heavy atom. The maximum Gasteiger partial charge on any atom is 0.0543 e. The molecule has 4 nitrogen and oxygen atoms in total. The Morgan fingerprint density at radius 3 is 1.12 bits per heavy atom. The molecule has 0 spiro atoms. The molecule has 90 heavy (non-hydrogen) atoms. The molecule has 0 radical (unpaired) electrons. The first kappa shape index (κ1) is 56.1. The van der Waals surface area contributed by atoms with Crippen LogP contribution in [0, 0.1) is 0 Å². The van der Waals surface area contributed by atoms with E-state index in [-0.39, 0.29) is 22.7 Å². The van der Waals surface area contributed by atoms with Crippen LogP contribution in [-0.4, -0.2) is 9.13 Å². The molecule has 446 valence electrons. The van der Waals surface area contributed by atoms with Crippen LogP contribution in [-0.2, 0) is 36.5 Å². The minimum absolute atomic E-state index is 0.0483. The van der Waals surface area contributed by atoms with E-state index in [1.54, 1.807) is 0 Å². The van der Waals surface area contributed by atoms with Gasteiger partial charge < -0.3 is 18.9 Å². The first-order chi connectivity index (χ1) is 43.6. The molecule has 2 aromatic heterocycles. The van der Waals surface area contributed by atoms with Crippen LogP contribution in [0.25, 0.3) is 87.3 Å². The van der Waals surface area contributed by atoms with Gasteiger partial charge in [-0.05, 0) is 225 Å². The first-order valence-corrected chi connectivity index (χ1v) is 33.5. The van der Waals surface area contributed by atoms with Crippen LogP contribution in [0.2, 0.25) is 0 Å². The number of benzene rings is 12. The number of para-hydroxylation sites is 4. The predicted octanol–water partition coefficient (Wildman–Crippen LogP) is 24.3. The minimum atomic E-state index is -0.0483. The van der Waals surface area contributed by atoms with Crippen molar-refractivity contribution in [1.29, 1.82) is 0 Å². The van der Waals surface area contributed by atoms with Crippen molar-refractivity contribution in [3.8, 4) is 11.4 Å². The second-order valence-electron chi connectivity index (χ2n) is 28.9. The number of hydrogen-bond acceptors (Lipinski definition) is 2. The molecule has 0 saturated heterocycles. The molecule has 16 rings (SSSR count). The maximum absolute atomic E-state index is 2.69. The highest BCUT2D eigenvalue weighted by molar-refractivity contribution is 6.30. The Labute approximate surface area is 531 Å². The van der Waals surface area contributed by atoms with Gasteiger partial charge in [0.15, 0.2) is 0 Å². The molecular formula is C86H82N4. The Hall–Kier alpha value is -9.12. The van der Waals surface area contributed by atoms with E-state index < -0.39 is 0 Å². The standard InChI is InChI=1S/C86H82N4/c1-53(2)67-51-81(87(73-39-23-27-55-25-11-13-29-59(55)73)57-41-47-77-69(49-57)61-31-15-19-35-75(61)89(77)79-37-21-17-33-71(79)85(5,6)7)65-46-44-64-68(54(3)4)52-82(66-45-43-63(67)83(65)84(64)66)88(74-40-24-28-56-26-12-14-30-60(56)74)58-42-48-78-70(50-58)62-32-16-20-36-76(62)90(78)80-38-22-18-34-72(80)86(8,9)10/h15-24,27-28,31-54H,11-14,25-26,29-30H2,1-10H3. The maximum atomic E-state index is 2.69. The lowest BCUT2D eigenvalue weighted by Crippen LogP contribution is -2.17. The summed E-state index contributed by atoms with van der Waals surface area (Å²) >= 11 is 0. The molecule has 0 unspecified atom stereocenters. The first-order valence-electron chi connectivity index (χ1n) is 33.5. The summed E-state index contributed by atoms with van der Waals surface area (Å²) in [6, 6.07) is 80.4. The minimum Gasteiger partial charge on any atom is -0.310 e. The molecule has 2 heterocycles. The van der Waals surface area contributed by atoms with Gasteiger partial charge in [0.1, 0.15) is 0 Å². The van der Waals surface area contributed by atoms with Crippen LogP contribution in [0.3, 0.4) is 0 Å². The number of aromatic nitrogens is 2. The molecule has 14 aromatic rings. The third-order valence-corrected chi connectivity index (χ3v) is 20.6. The van der Waals surface area contributed by atoms with Gasteiger partial charge in [-0.1, -0.05) is 191 Å². The summed E-state index contributed by atoms with van der Waals surface area (Å²) in [5.74, 6) is 0.507. The molecule has 2 aliphatic rings. The number of fused-ring (bicyclic) bond motifs is 8. The number of aryl methyl sites for hydroxylation is 2. The van der Waals surface area contributed by atoms with E-state index >= 15 is 0 Å². The largest absolute Gasteiger partial charge is 0.310 e. The van der Waals surface area contributed by atoms with E-state index in [2.05, 4.69) is 294 Å². The fourth-order valence-corrected chi connectivity index (χ4v) is 16.4. The zero-order chi connectivity index (χ0) is 61.5. The lowest BCUT2D eigenvalue weighted by Gasteiger charge is -2.34. The van der Waals surface area contributed by atoms with Crippen LogP contribution in [0.1, 0.15) is 151 Å². The number of anilines is 6. The Balaban J connectivity index is 0.981. The Kier molecular flexibility index (Phi) is 13.3. The highest BCUT2D eigenvalue weighted by Crippen LogP contribution is 2.54. The molecule has 0 amide bonds. The smallest absolute Gasteiger partial charge is 0.0543 e. The summed E-state index contributed by atoms with van der Waals surface area (Å²) in [6.07, 6.45) is 9.16. The number of nitrogens with zero attached hydrogens (tertiary/aromatic N) is 4. The lowest BCUT2D eigenvalue weighted by molar-refractivity contribution is 0.587. The van der Waals surface area contributed by atoms with Crippen LogP contribution in [0.4, 0.5) is 34.1 Å². The van der Waals surface area contributed by atoms with E-state index in [0.29, 0.717) is 0 Å². The normalized spacial score (nSPS) is 14.0. The van der Waals surface area contributed by atoms with Gasteiger partial charge in [-0.3, -0.25) is 0 Å². The highest BCUT2D eigenvalue weighted by Gasteiger charge is 2.31. The van der Waals surface area contributed by atoms with Crippen molar-refractivity contribution in [3.05, 3.63) is 251 Å². The van der Waals surface area contributed by atoms with Gasteiger partial charge in [0.2, 0.25) is 0 Å². The van der Waals surface area contributed by atoms with Crippen molar-refractivity contribution in [2.24, 2.45) is 0 Å². The van der Waals surface area contributed by atoms with Gasteiger partial charge in [0, 0.05) is 66.4 Å². The van der Waals surface area contributed by atoms with Crippen molar-refractivity contribution in [2.75, 3.05) is 9.80 Å². The molecule has 2 aliphatic carbocycles. The predicted molar refractivity (Wildman–Crippen MR) is 387 cm³/mol. The fraction of sp³-hybridized carbons (Fsp3) is 0.256. The number of rotatable bonds is 10. The van der Waals surface area contributed by atoms with E-state index in [1.807, 2.05) is 0 Å². The molecule has 0 atom stereocenters. The van der Waals surface area contributed by atoms with Gasteiger partial charge in [0.25, 0.3) is 0 Å². The zero-order valence-electron chi connectivity index (χ0n) is 54.2. The van der Waals surface area contributed by atoms with Gasteiger partial charge in [-0.25, -0.2) is 0 Å². The van der Waals surface area contributed by atoms with Crippen molar-refractivity contribution < 1.29 is 0 Å². The average Bonchev–Trinajstić information content (AvgIpc) is 1.04. The molecule has 0 N–H and O–H groups in total. The molecule has 0 fully saturated rings. The second-order valence-corrected chi connectivity index (χ2v) is 28.9. The molecule has 0 bridgehead atoms. The molecule has 0 saturated carbocycles. The highest BCUT2D eigenvalue weighted by atomic mass is 15.2. The van der Waals surface area contributed by atoms with Crippen molar-refractivity contribution in [2.45, 2.75) is 143 Å². The van der Waals surface area contributed by atoms with Crippen molar-refractivity contribution >= 4 is 110 Å².